The summed E-state index contributed by atoms with van der Waals surface area (Å²) in [6.07, 6.45) is 0.0572. The lowest BCUT2D eigenvalue weighted by molar-refractivity contribution is -0.115. The van der Waals surface area contributed by atoms with Crippen LogP contribution in [0.4, 0.5) is 15.8 Å². The van der Waals surface area contributed by atoms with Crippen molar-refractivity contribution in [1.82, 2.24) is 0 Å². The van der Waals surface area contributed by atoms with Crippen LogP contribution in [0.1, 0.15) is 5.56 Å². The number of benzene rings is 3. The van der Waals surface area contributed by atoms with Gasteiger partial charge in [0.15, 0.2) is 11.5 Å². The summed E-state index contributed by atoms with van der Waals surface area (Å²) < 4.78 is 56.1. The van der Waals surface area contributed by atoms with Gasteiger partial charge in [-0.05, 0) is 42.0 Å². The lowest BCUT2D eigenvalue weighted by atomic mass is 10.1. The molecule has 3 rings (SSSR count). The Labute approximate surface area is 191 Å². The Kier molecular flexibility index (Phi) is 7.39. The van der Waals surface area contributed by atoms with Gasteiger partial charge in [-0.3, -0.25) is 9.52 Å². The fraction of sp³-hybridized carbons (Fsp3) is 0.174. The lowest BCUT2D eigenvalue weighted by Crippen LogP contribution is -2.15. The Balaban J connectivity index is 1.66. The molecule has 0 heterocycles. The molecule has 3 aromatic rings. The first-order valence-corrected chi connectivity index (χ1v) is 11.2. The Morgan fingerprint density at radius 3 is 1.94 bits per heavy atom. The van der Waals surface area contributed by atoms with Gasteiger partial charge in [0.05, 0.1) is 32.6 Å². The van der Waals surface area contributed by atoms with Gasteiger partial charge < -0.3 is 19.5 Å². The van der Waals surface area contributed by atoms with E-state index in [4.69, 9.17) is 14.2 Å². The maximum Gasteiger partial charge on any atom is 0.261 e. The Bertz CT molecular complexity index is 1200. The molecule has 0 saturated carbocycles. The number of hydrogen-bond donors (Lipinski definition) is 2. The summed E-state index contributed by atoms with van der Waals surface area (Å²) in [7, 11) is 0.594. The van der Waals surface area contributed by atoms with Crippen molar-refractivity contribution < 1.29 is 31.8 Å². The van der Waals surface area contributed by atoms with Crippen LogP contribution < -0.4 is 24.2 Å². The topological polar surface area (TPSA) is 103 Å². The van der Waals surface area contributed by atoms with E-state index in [0.29, 0.717) is 34.2 Å². The molecule has 3 aromatic carbocycles. The second-order valence-electron chi connectivity index (χ2n) is 6.90. The predicted octanol–water partition coefficient (Wildman–Crippen LogP) is 3.83. The van der Waals surface area contributed by atoms with Crippen LogP contribution in [-0.4, -0.2) is 35.7 Å². The monoisotopic (exact) mass is 474 g/mol. The molecule has 0 unspecified atom stereocenters. The molecule has 0 saturated heterocycles. The number of halogens is 1. The highest BCUT2D eigenvalue weighted by molar-refractivity contribution is 7.92. The van der Waals surface area contributed by atoms with Crippen molar-refractivity contribution in [3.63, 3.8) is 0 Å². The fourth-order valence-electron chi connectivity index (χ4n) is 3.06. The van der Waals surface area contributed by atoms with Crippen LogP contribution in [-0.2, 0) is 21.2 Å². The van der Waals surface area contributed by atoms with Crippen molar-refractivity contribution in [2.75, 3.05) is 31.4 Å². The quantitative estimate of drug-likeness (QED) is 0.489. The summed E-state index contributed by atoms with van der Waals surface area (Å²) in [5.41, 5.74) is 1.45. The largest absolute Gasteiger partial charge is 0.493 e. The summed E-state index contributed by atoms with van der Waals surface area (Å²) in [5.74, 6) is 0.415. The molecule has 0 bridgehead atoms. The lowest BCUT2D eigenvalue weighted by Gasteiger charge is -2.14. The van der Waals surface area contributed by atoms with Crippen molar-refractivity contribution in [2.24, 2.45) is 0 Å². The molecule has 0 fully saturated rings. The van der Waals surface area contributed by atoms with Crippen LogP contribution in [0.5, 0.6) is 17.2 Å². The molecule has 0 radical (unpaired) electrons. The van der Waals surface area contributed by atoms with Crippen LogP contribution in [0.25, 0.3) is 0 Å². The Morgan fingerprint density at radius 2 is 1.42 bits per heavy atom. The van der Waals surface area contributed by atoms with Gasteiger partial charge in [-0.25, -0.2) is 12.8 Å². The molecule has 0 aliphatic rings. The van der Waals surface area contributed by atoms with Crippen LogP contribution in [0, 0.1) is 5.82 Å². The van der Waals surface area contributed by atoms with Gasteiger partial charge >= 0.3 is 0 Å². The van der Waals surface area contributed by atoms with E-state index in [9.17, 15) is 17.6 Å². The van der Waals surface area contributed by atoms with E-state index in [2.05, 4.69) is 10.0 Å². The molecule has 0 spiro atoms. The molecule has 8 nitrogen and oxygen atoms in total. The van der Waals surface area contributed by atoms with E-state index in [1.54, 1.807) is 36.4 Å². The molecule has 33 heavy (non-hydrogen) atoms. The molecule has 1 amide bonds. The smallest absolute Gasteiger partial charge is 0.261 e. The zero-order valence-corrected chi connectivity index (χ0v) is 19.0. The number of sulfonamides is 1. The number of nitrogens with one attached hydrogen (secondary N) is 2. The zero-order valence-electron chi connectivity index (χ0n) is 18.2. The minimum Gasteiger partial charge on any atom is -0.493 e. The van der Waals surface area contributed by atoms with Crippen molar-refractivity contribution >= 4 is 27.3 Å². The van der Waals surface area contributed by atoms with Gasteiger partial charge in [0.1, 0.15) is 5.82 Å². The van der Waals surface area contributed by atoms with E-state index in [1.165, 1.54) is 33.5 Å². The number of hydrogen-bond acceptors (Lipinski definition) is 6. The average molecular weight is 475 g/mol. The number of methoxy groups -OCH3 is 3. The molecule has 0 aromatic heterocycles. The van der Waals surface area contributed by atoms with Gasteiger partial charge in [0, 0.05) is 23.5 Å². The van der Waals surface area contributed by atoms with Crippen LogP contribution in [0.2, 0.25) is 0 Å². The molecular weight excluding hydrogens is 451 g/mol. The van der Waals surface area contributed by atoms with Gasteiger partial charge in [0.25, 0.3) is 10.0 Å². The summed E-state index contributed by atoms with van der Waals surface area (Å²) in [6, 6.07) is 14.1. The fourth-order valence-corrected chi connectivity index (χ4v) is 4.12. The maximum absolute atomic E-state index is 13.0. The van der Waals surface area contributed by atoms with E-state index >= 15 is 0 Å². The SMILES string of the molecule is COc1cc(NC(=O)Cc2ccc(NS(=O)(=O)c3ccc(F)cc3)cc2)cc(OC)c1OC. The molecule has 0 aliphatic carbocycles. The first kappa shape index (κ1) is 23.9. The van der Waals surface area contributed by atoms with Crippen molar-refractivity contribution in [3.8, 4) is 17.2 Å². The number of anilines is 2. The number of rotatable bonds is 9. The molecule has 2 N–H and O–H groups in total. The normalized spacial score (nSPS) is 10.9. The highest BCUT2D eigenvalue weighted by atomic mass is 32.2. The number of carbonyl (C=O) groups excluding carboxylic acids is 1. The van der Waals surface area contributed by atoms with Gasteiger partial charge in [0.2, 0.25) is 11.7 Å². The Hall–Kier alpha value is -3.79. The third kappa shape index (κ3) is 5.92. The van der Waals surface area contributed by atoms with E-state index in [1.807, 2.05) is 0 Å². The second kappa shape index (κ2) is 10.2. The molecule has 10 heteroatoms. The van der Waals surface area contributed by atoms with Crippen molar-refractivity contribution in [2.45, 2.75) is 11.3 Å². The minimum absolute atomic E-state index is 0.0572. The van der Waals surface area contributed by atoms with Crippen LogP contribution in [0.15, 0.2) is 65.6 Å². The molecule has 174 valence electrons. The number of carbonyl (C=O) groups is 1. The van der Waals surface area contributed by atoms with Crippen molar-refractivity contribution in [3.05, 3.63) is 72.0 Å². The van der Waals surface area contributed by atoms with Gasteiger partial charge in [-0.1, -0.05) is 12.1 Å². The first-order valence-electron chi connectivity index (χ1n) is 9.73. The summed E-state index contributed by atoms with van der Waals surface area (Å²) >= 11 is 0. The Morgan fingerprint density at radius 1 is 0.848 bits per heavy atom. The standard InChI is InChI=1S/C23H23FN2O6S/c1-30-20-13-18(14-21(31-2)23(20)32-3)25-22(27)12-15-4-8-17(9-5-15)26-33(28,29)19-10-6-16(24)7-11-19/h4-11,13-14,26H,12H2,1-3H3,(H,25,27). The average Bonchev–Trinajstić information content (AvgIpc) is 2.79. The van der Waals surface area contributed by atoms with E-state index in [0.717, 1.165) is 12.1 Å². The maximum atomic E-state index is 13.0. The molecule has 0 atom stereocenters. The highest BCUT2D eigenvalue weighted by Gasteiger charge is 2.16. The summed E-state index contributed by atoms with van der Waals surface area (Å²) in [5, 5.41) is 2.77. The first-order chi connectivity index (χ1) is 15.7. The van der Waals surface area contributed by atoms with Gasteiger partial charge in [-0.2, -0.15) is 0 Å². The van der Waals surface area contributed by atoms with E-state index in [-0.39, 0.29) is 17.2 Å². The van der Waals surface area contributed by atoms with Crippen LogP contribution >= 0.6 is 0 Å². The molecule has 0 aliphatic heterocycles. The number of amides is 1. The third-order valence-corrected chi connectivity index (χ3v) is 6.04. The predicted molar refractivity (Wildman–Crippen MR) is 122 cm³/mol. The van der Waals surface area contributed by atoms with E-state index < -0.39 is 15.8 Å². The summed E-state index contributed by atoms with van der Waals surface area (Å²) in [4.78, 5) is 12.4. The second-order valence-corrected chi connectivity index (χ2v) is 8.58. The highest BCUT2D eigenvalue weighted by Crippen LogP contribution is 2.39. The van der Waals surface area contributed by atoms with Crippen molar-refractivity contribution in [1.29, 1.82) is 0 Å². The third-order valence-electron chi connectivity index (χ3n) is 4.64. The van der Waals surface area contributed by atoms with Crippen LogP contribution in [0.3, 0.4) is 0 Å². The number of ether oxygens (including phenoxy) is 3. The minimum atomic E-state index is -3.86. The molecular formula is C23H23FN2O6S. The van der Waals surface area contributed by atoms with Gasteiger partial charge in [-0.15, -0.1) is 0 Å². The summed E-state index contributed by atoms with van der Waals surface area (Å²) in [6.45, 7) is 0. The zero-order chi connectivity index (χ0) is 24.0.